The zero-order valence-electron chi connectivity index (χ0n) is 15.7. The molecular weight excluding hydrogens is 332 g/mol. The fourth-order valence-corrected chi connectivity index (χ4v) is 2.51. The highest BCUT2D eigenvalue weighted by Crippen LogP contribution is 2.12. The molecule has 2 aromatic rings. The van der Waals surface area contributed by atoms with Crippen LogP contribution in [-0.2, 0) is 27.2 Å². The normalized spacial score (nSPS) is 12.5. The summed E-state index contributed by atoms with van der Waals surface area (Å²) in [5, 5.41) is 3.18. The summed E-state index contributed by atoms with van der Waals surface area (Å²) in [7, 11) is 1.37. The van der Waals surface area contributed by atoms with E-state index in [2.05, 4.69) is 5.32 Å². The minimum Gasteiger partial charge on any atom is -0.468 e. The number of nitrogens with one attached hydrogen (secondary N) is 1. The molecule has 6 heteroatoms. The van der Waals surface area contributed by atoms with Crippen LogP contribution in [0.25, 0.3) is 0 Å². The minimum absolute atomic E-state index is 0.332. The van der Waals surface area contributed by atoms with Gasteiger partial charge in [0.25, 0.3) is 0 Å². The summed E-state index contributed by atoms with van der Waals surface area (Å²) in [4.78, 5) is 24.4. The van der Waals surface area contributed by atoms with Gasteiger partial charge in [-0.25, -0.2) is 4.79 Å². The summed E-state index contributed by atoms with van der Waals surface area (Å²) in [5.41, 5.74) is 1.16. The lowest BCUT2D eigenvalue weighted by molar-refractivity contribution is -0.143. The first-order valence-electron chi connectivity index (χ1n) is 8.55. The van der Waals surface area contributed by atoms with Crippen LogP contribution >= 0.6 is 0 Å². The van der Waals surface area contributed by atoms with E-state index >= 15 is 0 Å². The average Bonchev–Trinajstić information content (AvgIpc) is 3.06. The summed E-state index contributed by atoms with van der Waals surface area (Å²) < 4.78 is 11.7. The minimum atomic E-state index is -0.575. The molecule has 0 aliphatic rings. The van der Waals surface area contributed by atoms with E-state index in [0.717, 1.165) is 5.56 Å². The van der Waals surface area contributed by atoms with E-state index in [4.69, 9.17) is 9.47 Å². The Kier molecular flexibility index (Phi) is 6.58. The first-order valence-corrected chi connectivity index (χ1v) is 8.55. The molecule has 1 aromatic carbocycles. The monoisotopic (exact) mass is 358 g/mol. The SMILES string of the molecule is COC(=O)C(Cc1ccccc1)NCc1cccn1C(=O)OC(C)(C)C. The first kappa shape index (κ1) is 19.7. The van der Waals surface area contributed by atoms with Gasteiger partial charge in [-0.15, -0.1) is 0 Å². The molecule has 1 heterocycles. The van der Waals surface area contributed by atoms with E-state index in [1.54, 1.807) is 12.3 Å². The van der Waals surface area contributed by atoms with Crippen molar-refractivity contribution in [2.45, 2.75) is 45.4 Å². The van der Waals surface area contributed by atoms with Crippen LogP contribution in [0.1, 0.15) is 32.0 Å². The summed E-state index contributed by atoms with van der Waals surface area (Å²) >= 11 is 0. The number of rotatable bonds is 6. The molecule has 140 valence electrons. The summed E-state index contributed by atoms with van der Waals surface area (Å²) in [6, 6.07) is 12.8. The van der Waals surface area contributed by atoms with Crippen molar-refractivity contribution in [2.75, 3.05) is 7.11 Å². The van der Waals surface area contributed by atoms with E-state index in [-0.39, 0.29) is 5.97 Å². The highest BCUT2D eigenvalue weighted by atomic mass is 16.6. The van der Waals surface area contributed by atoms with Gasteiger partial charge in [-0.05, 0) is 44.9 Å². The second kappa shape index (κ2) is 8.67. The Labute approximate surface area is 154 Å². The molecule has 0 radical (unpaired) electrons. The molecule has 0 amide bonds. The van der Waals surface area contributed by atoms with Crippen LogP contribution in [0.3, 0.4) is 0 Å². The molecule has 0 aliphatic heterocycles. The van der Waals surface area contributed by atoms with Crippen LogP contribution < -0.4 is 5.32 Å². The van der Waals surface area contributed by atoms with Gasteiger partial charge in [0, 0.05) is 18.4 Å². The third kappa shape index (κ3) is 5.74. The number of carbonyl (C=O) groups excluding carboxylic acids is 2. The second-order valence-electron chi connectivity index (χ2n) is 7.00. The lowest BCUT2D eigenvalue weighted by Crippen LogP contribution is -2.39. The highest BCUT2D eigenvalue weighted by molar-refractivity contribution is 5.76. The molecular formula is C20H26N2O4. The maximum Gasteiger partial charge on any atom is 0.418 e. The van der Waals surface area contributed by atoms with Crippen LogP contribution in [0.15, 0.2) is 48.7 Å². The van der Waals surface area contributed by atoms with Gasteiger partial charge >= 0.3 is 12.1 Å². The quantitative estimate of drug-likeness (QED) is 0.804. The van der Waals surface area contributed by atoms with E-state index in [1.165, 1.54) is 11.7 Å². The van der Waals surface area contributed by atoms with Crippen molar-refractivity contribution in [3.8, 4) is 0 Å². The molecule has 0 aliphatic carbocycles. The van der Waals surface area contributed by atoms with Gasteiger partial charge in [-0.1, -0.05) is 30.3 Å². The molecule has 1 unspecified atom stereocenters. The van der Waals surface area contributed by atoms with Crippen molar-refractivity contribution in [3.63, 3.8) is 0 Å². The molecule has 1 atom stereocenters. The van der Waals surface area contributed by atoms with Gasteiger partial charge in [0.05, 0.1) is 7.11 Å². The number of nitrogens with zero attached hydrogens (tertiary/aromatic N) is 1. The Bertz CT molecular complexity index is 732. The van der Waals surface area contributed by atoms with E-state index in [9.17, 15) is 9.59 Å². The van der Waals surface area contributed by atoms with Crippen LogP contribution in [0.4, 0.5) is 4.79 Å². The summed E-state index contributed by atoms with van der Waals surface area (Å²) in [6.45, 7) is 5.79. The predicted octanol–water partition coefficient (Wildman–Crippen LogP) is 3.15. The van der Waals surface area contributed by atoms with Crippen LogP contribution in [-0.4, -0.2) is 35.4 Å². The summed E-state index contributed by atoms with van der Waals surface area (Å²) in [6.07, 6.45) is 1.70. The Morgan fingerprint density at radius 1 is 1.12 bits per heavy atom. The van der Waals surface area contributed by atoms with E-state index in [0.29, 0.717) is 18.7 Å². The third-order valence-electron chi connectivity index (χ3n) is 3.72. The van der Waals surface area contributed by atoms with Gasteiger partial charge < -0.3 is 9.47 Å². The van der Waals surface area contributed by atoms with Crippen molar-refractivity contribution >= 4 is 12.1 Å². The highest BCUT2D eigenvalue weighted by Gasteiger charge is 2.22. The Hall–Kier alpha value is -2.60. The Balaban J connectivity index is 2.06. The second-order valence-corrected chi connectivity index (χ2v) is 7.00. The largest absolute Gasteiger partial charge is 0.468 e. The molecule has 1 aromatic heterocycles. The number of hydrogen-bond donors (Lipinski definition) is 1. The van der Waals surface area contributed by atoms with Crippen molar-refractivity contribution < 1.29 is 19.1 Å². The molecule has 1 N–H and O–H groups in total. The lowest BCUT2D eigenvalue weighted by Gasteiger charge is -2.21. The molecule has 26 heavy (non-hydrogen) atoms. The first-order chi connectivity index (χ1) is 12.3. The standard InChI is InChI=1S/C20H26N2O4/c1-20(2,3)26-19(24)22-12-8-11-16(22)14-21-17(18(23)25-4)13-15-9-6-5-7-10-15/h5-12,17,21H,13-14H2,1-4H3. The van der Waals surface area contributed by atoms with Gasteiger partial charge in [0.15, 0.2) is 0 Å². The van der Waals surface area contributed by atoms with Gasteiger partial charge in [-0.3, -0.25) is 14.7 Å². The number of benzene rings is 1. The van der Waals surface area contributed by atoms with Crippen LogP contribution in [0.2, 0.25) is 0 Å². The molecule has 0 saturated heterocycles. The predicted molar refractivity (Wildman–Crippen MR) is 98.9 cm³/mol. The zero-order valence-corrected chi connectivity index (χ0v) is 15.7. The average molecular weight is 358 g/mol. The molecule has 6 nitrogen and oxygen atoms in total. The molecule has 0 bridgehead atoms. The van der Waals surface area contributed by atoms with Crippen molar-refractivity contribution in [1.82, 2.24) is 9.88 Å². The third-order valence-corrected chi connectivity index (χ3v) is 3.72. The molecule has 0 saturated carbocycles. The van der Waals surface area contributed by atoms with Crippen molar-refractivity contribution in [2.24, 2.45) is 0 Å². The fraction of sp³-hybridized carbons (Fsp3) is 0.400. The maximum absolute atomic E-state index is 12.3. The lowest BCUT2D eigenvalue weighted by atomic mass is 10.1. The topological polar surface area (TPSA) is 69.6 Å². The summed E-state index contributed by atoms with van der Waals surface area (Å²) in [5.74, 6) is -0.343. The van der Waals surface area contributed by atoms with E-state index < -0.39 is 17.7 Å². The number of aromatic nitrogens is 1. The number of hydrogen-bond acceptors (Lipinski definition) is 5. The number of ether oxygens (including phenoxy) is 2. The molecule has 0 spiro atoms. The van der Waals surface area contributed by atoms with Crippen LogP contribution in [0, 0.1) is 0 Å². The van der Waals surface area contributed by atoms with Gasteiger partial charge in [0.1, 0.15) is 11.6 Å². The number of carbonyl (C=O) groups is 2. The number of esters is 1. The van der Waals surface area contributed by atoms with Crippen LogP contribution in [0.5, 0.6) is 0 Å². The smallest absolute Gasteiger partial charge is 0.418 e. The number of methoxy groups -OCH3 is 1. The van der Waals surface area contributed by atoms with Crippen molar-refractivity contribution in [3.05, 3.63) is 59.9 Å². The van der Waals surface area contributed by atoms with E-state index in [1.807, 2.05) is 57.2 Å². The van der Waals surface area contributed by atoms with Crippen molar-refractivity contribution in [1.29, 1.82) is 0 Å². The molecule has 0 fully saturated rings. The van der Waals surface area contributed by atoms with Gasteiger partial charge in [-0.2, -0.15) is 0 Å². The Morgan fingerprint density at radius 2 is 1.81 bits per heavy atom. The maximum atomic E-state index is 12.3. The fourth-order valence-electron chi connectivity index (χ4n) is 2.51. The zero-order chi connectivity index (χ0) is 19.2. The molecule has 2 rings (SSSR count). The van der Waals surface area contributed by atoms with Gasteiger partial charge in [0.2, 0.25) is 0 Å². The Morgan fingerprint density at radius 3 is 2.42 bits per heavy atom.